The Kier molecular flexibility index (Phi) is 9.26. The van der Waals surface area contributed by atoms with Crippen molar-refractivity contribution < 1.29 is 14.3 Å². The van der Waals surface area contributed by atoms with Crippen molar-refractivity contribution >= 4 is 35.0 Å². The third kappa shape index (κ3) is 6.67. The van der Waals surface area contributed by atoms with Gasteiger partial charge in [0.25, 0.3) is 5.91 Å². The lowest BCUT2D eigenvalue weighted by Gasteiger charge is -2.31. The molecule has 184 valence electrons. The van der Waals surface area contributed by atoms with Crippen molar-refractivity contribution in [2.45, 2.75) is 78.4 Å². The van der Waals surface area contributed by atoms with Crippen LogP contribution in [0, 0.1) is 20.8 Å². The van der Waals surface area contributed by atoms with Crippen molar-refractivity contribution in [2.75, 3.05) is 6.61 Å². The van der Waals surface area contributed by atoms with E-state index in [0.29, 0.717) is 21.4 Å². The van der Waals surface area contributed by atoms with Gasteiger partial charge in [-0.1, -0.05) is 54.6 Å². The summed E-state index contributed by atoms with van der Waals surface area (Å²) in [7, 11) is 0. The van der Waals surface area contributed by atoms with Gasteiger partial charge in [-0.25, -0.2) is 0 Å². The summed E-state index contributed by atoms with van der Waals surface area (Å²) in [5, 5.41) is 4.04. The van der Waals surface area contributed by atoms with Gasteiger partial charge in [0.05, 0.1) is 0 Å². The first-order valence-electron chi connectivity index (χ1n) is 11.9. The van der Waals surface area contributed by atoms with Crippen molar-refractivity contribution in [3.8, 4) is 5.75 Å². The van der Waals surface area contributed by atoms with E-state index in [-0.39, 0.29) is 31.0 Å². The number of carbonyl (C=O) groups is 2. The summed E-state index contributed by atoms with van der Waals surface area (Å²) in [4.78, 5) is 28.0. The molecule has 5 nitrogen and oxygen atoms in total. The number of halogens is 2. The first-order chi connectivity index (χ1) is 16.2. The number of benzene rings is 2. The molecule has 0 aliphatic heterocycles. The maximum atomic E-state index is 13.4. The highest BCUT2D eigenvalue weighted by Gasteiger charge is 2.29. The van der Waals surface area contributed by atoms with E-state index in [9.17, 15) is 9.59 Å². The maximum Gasteiger partial charge on any atom is 0.261 e. The molecule has 0 spiro atoms. The van der Waals surface area contributed by atoms with Gasteiger partial charge in [-0.15, -0.1) is 0 Å². The summed E-state index contributed by atoms with van der Waals surface area (Å²) in [5.41, 5.74) is 3.76. The molecule has 0 radical (unpaired) electrons. The second-order valence-electron chi connectivity index (χ2n) is 9.23. The van der Waals surface area contributed by atoms with Gasteiger partial charge in [-0.2, -0.15) is 0 Å². The second-order valence-corrected chi connectivity index (χ2v) is 10.0. The molecule has 0 bridgehead atoms. The van der Waals surface area contributed by atoms with Crippen LogP contribution in [0.25, 0.3) is 0 Å². The summed E-state index contributed by atoms with van der Waals surface area (Å²) >= 11 is 12.8. The zero-order chi connectivity index (χ0) is 24.8. The zero-order valence-corrected chi connectivity index (χ0v) is 21.9. The SMILES string of the molecule is Cc1cc(C)c(C)c(OCC(=O)N(Cc2c(Cl)cccc2Cl)[C@H](C)C(=O)NC2CCCCC2)c1. The van der Waals surface area contributed by atoms with Crippen LogP contribution in [0.15, 0.2) is 30.3 Å². The first-order valence-corrected chi connectivity index (χ1v) is 12.7. The Morgan fingerprint density at radius 3 is 2.38 bits per heavy atom. The molecule has 3 rings (SSSR count). The van der Waals surface area contributed by atoms with Gasteiger partial charge in [-0.05, 0) is 75.4 Å². The molecule has 0 heterocycles. The van der Waals surface area contributed by atoms with Crippen LogP contribution in [0.1, 0.15) is 61.3 Å². The minimum absolute atomic E-state index is 0.117. The van der Waals surface area contributed by atoms with Gasteiger partial charge in [0.15, 0.2) is 6.61 Å². The molecule has 1 N–H and O–H groups in total. The van der Waals surface area contributed by atoms with Crippen molar-refractivity contribution in [3.05, 3.63) is 62.6 Å². The number of aryl methyl sites for hydroxylation is 2. The molecule has 1 fully saturated rings. The number of hydrogen-bond donors (Lipinski definition) is 1. The summed E-state index contributed by atoms with van der Waals surface area (Å²) in [6, 6.07) is 8.66. The molecule has 1 atom stereocenters. The van der Waals surface area contributed by atoms with Crippen LogP contribution in [0.2, 0.25) is 10.0 Å². The van der Waals surface area contributed by atoms with Crippen LogP contribution in [0.3, 0.4) is 0 Å². The Hall–Kier alpha value is -2.24. The number of rotatable bonds is 8. The van der Waals surface area contributed by atoms with Crippen molar-refractivity contribution in [2.24, 2.45) is 0 Å². The molecule has 2 aromatic rings. The minimum Gasteiger partial charge on any atom is -0.483 e. The Labute approximate surface area is 212 Å². The molecule has 7 heteroatoms. The van der Waals surface area contributed by atoms with E-state index < -0.39 is 6.04 Å². The fraction of sp³-hybridized carbons (Fsp3) is 0.481. The van der Waals surface area contributed by atoms with Crippen LogP contribution >= 0.6 is 23.2 Å². The zero-order valence-electron chi connectivity index (χ0n) is 20.4. The molecule has 0 aromatic heterocycles. The Morgan fingerprint density at radius 1 is 1.09 bits per heavy atom. The standard InChI is InChI=1S/C27H34Cl2N2O3/c1-17-13-18(2)19(3)25(14-17)34-16-26(32)31(15-22-23(28)11-8-12-24(22)29)20(4)27(33)30-21-9-6-5-7-10-21/h8,11-14,20-21H,5-7,9-10,15-16H2,1-4H3,(H,30,33)/t20-/m1/s1. The first kappa shape index (κ1) is 26.4. The van der Waals surface area contributed by atoms with Gasteiger partial charge in [0.2, 0.25) is 5.91 Å². The van der Waals surface area contributed by atoms with E-state index in [0.717, 1.165) is 42.4 Å². The molecule has 2 aromatic carbocycles. The lowest BCUT2D eigenvalue weighted by Crippen LogP contribution is -2.51. The van der Waals surface area contributed by atoms with Crippen LogP contribution in [-0.4, -0.2) is 35.4 Å². The van der Waals surface area contributed by atoms with E-state index in [2.05, 4.69) is 11.4 Å². The quantitative estimate of drug-likeness (QED) is 0.467. The molecule has 2 amide bonds. The van der Waals surface area contributed by atoms with Crippen molar-refractivity contribution in [1.82, 2.24) is 10.2 Å². The van der Waals surface area contributed by atoms with E-state index in [1.54, 1.807) is 25.1 Å². The molecule has 34 heavy (non-hydrogen) atoms. The van der Waals surface area contributed by atoms with Crippen molar-refractivity contribution in [3.63, 3.8) is 0 Å². The fourth-order valence-corrected chi connectivity index (χ4v) is 4.90. The van der Waals surface area contributed by atoms with Crippen LogP contribution < -0.4 is 10.1 Å². The number of ether oxygens (including phenoxy) is 1. The number of nitrogens with one attached hydrogen (secondary N) is 1. The number of hydrogen-bond acceptors (Lipinski definition) is 3. The van der Waals surface area contributed by atoms with Crippen molar-refractivity contribution in [1.29, 1.82) is 0 Å². The second kappa shape index (κ2) is 11.9. The molecule has 1 aliphatic carbocycles. The number of amides is 2. The highest BCUT2D eigenvalue weighted by molar-refractivity contribution is 6.36. The van der Waals surface area contributed by atoms with Gasteiger partial charge >= 0.3 is 0 Å². The van der Waals surface area contributed by atoms with E-state index in [1.807, 2.05) is 26.8 Å². The van der Waals surface area contributed by atoms with Gasteiger partial charge in [-0.3, -0.25) is 9.59 Å². The molecular weight excluding hydrogens is 471 g/mol. The molecule has 0 saturated heterocycles. The summed E-state index contributed by atoms with van der Waals surface area (Å²) < 4.78 is 5.93. The van der Waals surface area contributed by atoms with Crippen LogP contribution in [0.5, 0.6) is 5.75 Å². The largest absolute Gasteiger partial charge is 0.483 e. The van der Waals surface area contributed by atoms with Gasteiger partial charge < -0.3 is 15.0 Å². The normalized spacial score (nSPS) is 15.0. The number of carbonyl (C=O) groups excluding carboxylic acids is 2. The monoisotopic (exact) mass is 504 g/mol. The maximum absolute atomic E-state index is 13.4. The minimum atomic E-state index is -0.703. The Morgan fingerprint density at radius 2 is 1.74 bits per heavy atom. The van der Waals surface area contributed by atoms with E-state index in [4.69, 9.17) is 27.9 Å². The van der Waals surface area contributed by atoms with E-state index in [1.165, 1.54) is 11.3 Å². The molecular formula is C27H34Cl2N2O3. The lowest BCUT2D eigenvalue weighted by molar-refractivity contribution is -0.142. The highest BCUT2D eigenvalue weighted by atomic mass is 35.5. The fourth-order valence-electron chi connectivity index (χ4n) is 4.38. The average Bonchev–Trinajstić information content (AvgIpc) is 2.80. The summed E-state index contributed by atoms with van der Waals surface area (Å²) in [6.07, 6.45) is 5.36. The molecule has 1 aliphatic rings. The van der Waals surface area contributed by atoms with Gasteiger partial charge in [0, 0.05) is 28.2 Å². The third-order valence-electron chi connectivity index (χ3n) is 6.62. The predicted octanol–water partition coefficient (Wildman–Crippen LogP) is 6.16. The Balaban J connectivity index is 1.80. The summed E-state index contributed by atoms with van der Waals surface area (Å²) in [6.45, 7) is 7.64. The lowest BCUT2D eigenvalue weighted by atomic mass is 9.95. The smallest absolute Gasteiger partial charge is 0.261 e. The van der Waals surface area contributed by atoms with E-state index >= 15 is 0 Å². The molecule has 0 unspecified atom stereocenters. The third-order valence-corrected chi connectivity index (χ3v) is 7.33. The predicted molar refractivity (Wildman–Crippen MR) is 138 cm³/mol. The van der Waals surface area contributed by atoms with Crippen LogP contribution in [0.4, 0.5) is 0 Å². The van der Waals surface area contributed by atoms with Gasteiger partial charge in [0.1, 0.15) is 11.8 Å². The highest BCUT2D eigenvalue weighted by Crippen LogP contribution is 2.27. The topological polar surface area (TPSA) is 58.6 Å². The molecule has 1 saturated carbocycles. The average molecular weight is 505 g/mol. The summed E-state index contributed by atoms with van der Waals surface area (Å²) in [5.74, 6) is 0.188. The number of nitrogens with zero attached hydrogens (tertiary/aromatic N) is 1. The Bertz CT molecular complexity index is 1010. The van der Waals surface area contributed by atoms with Crippen LogP contribution in [-0.2, 0) is 16.1 Å².